The topological polar surface area (TPSA) is 58.4 Å². The van der Waals surface area contributed by atoms with Crippen molar-refractivity contribution in [2.45, 2.75) is 45.7 Å². The Hall–Kier alpha value is -1.39. The first-order chi connectivity index (χ1) is 9.60. The van der Waals surface area contributed by atoms with Crippen LogP contribution in [0.1, 0.15) is 37.8 Å². The van der Waals surface area contributed by atoms with Gasteiger partial charge in [0.05, 0.1) is 6.42 Å². The van der Waals surface area contributed by atoms with Gasteiger partial charge in [0.15, 0.2) is 0 Å². The summed E-state index contributed by atoms with van der Waals surface area (Å²) in [6, 6.07) is 8.75. The second-order valence-corrected chi connectivity index (χ2v) is 5.96. The summed E-state index contributed by atoms with van der Waals surface area (Å²) in [5.74, 6) is 5.86. The van der Waals surface area contributed by atoms with Gasteiger partial charge in [0.2, 0.25) is 5.91 Å². The molecule has 1 aromatic carbocycles. The minimum Gasteiger partial charge on any atom is -0.296 e. The number of nitrogens with one attached hydrogen (secondary N) is 1. The Kier molecular flexibility index (Phi) is 5.15. The standard InChI is InChI=1S/C16H25N3O/c1-12-7-8-19(13(2)9-12)11-15-6-4-3-5-14(15)10-16(20)18-17/h3-6,12-13H,7-11,17H2,1-2H3,(H,18,20). The Balaban J connectivity index is 2.07. The van der Waals surface area contributed by atoms with Crippen molar-refractivity contribution in [2.75, 3.05) is 6.54 Å². The van der Waals surface area contributed by atoms with Crippen LogP contribution in [0.5, 0.6) is 0 Å². The number of hydrogen-bond donors (Lipinski definition) is 2. The number of amides is 1. The van der Waals surface area contributed by atoms with Gasteiger partial charge in [-0.25, -0.2) is 5.84 Å². The summed E-state index contributed by atoms with van der Waals surface area (Å²) >= 11 is 0. The fourth-order valence-corrected chi connectivity index (χ4v) is 3.02. The molecule has 1 heterocycles. The maximum Gasteiger partial charge on any atom is 0.238 e. The van der Waals surface area contributed by atoms with E-state index in [2.05, 4.69) is 30.2 Å². The number of rotatable bonds is 4. The van der Waals surface area contributed by atoms with Crippen LogP contribution in [0.15, 0.2) is 24.3 Å². The van der Waals surface area contributed by atoms with E-state index in [1.165, 1.54) is 18.4 Å². The van der Waals surface area contributed by atoms with E-state index in [0.717, 1.165) is 24.6 Å². The monoisotopic (exact) mass is 275 g/mol. The summed E-state index contributed by atoms with van der Waals surface area (Å²) in [5.41, 5.74) is 4.51. The van der Waals surface area contributed by atoms with E-state index in [-0.39, 0.29) is 5.91 Å². The first-order valence-electron chi connectivity index (χ1n) is 7.40. The van der Waals surface area contributed by atoms with Gasteiger partial charge >= 0.3 is 0 Å². The van der Waals surface area contributed by atoms with E-state index < -0.39 is 0 Å². The lowest BCUT2D eigenvalue weighted by atomic mass is 9.92. The van der Waals surface area contributed by atoms with Crippen LogP contribution >= 0.6 is 0 Å². The van der Waals surface area contributed by atoms with Crippen molar-refractivity contribution in [1.82, 2.24) is 10.3 Å². The van der Waals surface area contributed by atoms with Crippen molar-refractivity contribution in [3.63, 3.8) is 0 Å². The summed E-state index contributed by atoms with van der Waals surface area (Å²) in [6.07, 6.45) is 2.87. The fourth-order valence-electron chi connectivity index (χ4n) is 3.02. The smallest absolute Gasteiger partial charge is 0.238 e. The van der Waals surface area contributed by atoms with Crippen molar-refractivity contribution in [2.24, 2.45) is 11.8 Å². The highest BCUT2D eigenvalue weighted by atomic mass is 16.2. The summed E-state index contributed by atoms with van der Waals surface area (Å²) in [4.78, 5) is 14.0. The highest BCUT2D eigenvalue weighted by Gasteiger charge is 2.23. The highest BCUT2D eigenvalue weighted by Crippen LogP contribution is 2.24. The number of hydrogen-bond acceptors (Lipinski definition) is 3. The summed E-state index contributed by atoms with van der Waals surface area (Å²) < 4.78 is 0. The zero-order chi connectivity index (χ0) is 14.5. The zero-order valence-corrected chi connectivity index (χ0v) is 12.4. The van der Waals surface area contributed by atoms with Gasteiger partial charge < -0.3 is 0 Å². The number of nitrogens with two attached hydrogens (primary N) is 1. The molecule has 4 nitrogen and oxygen atoms in total. The summed E-state index contributed by atoms with van der Waals surface area (Å²) in [7, 11) is 0. The number of piperidine rings is 1. The molecule has 0 bridgehead atoms. The van der Waals surface area contributed by atoms with Gasteiger partial charge in [-0.15, -0.1) is 0 Å². The van der Waals surface area contributed by atoms with E-state index in [0.29, 0.717) is 12.5 Å². The molecule has 1 aliphatic rings. The molecule has 2 atom stereocenters. The van der Waals surface area contributed by atoms with Crippen molar-refractivity contribution in [1.29, 1.82) is 0 Å². The molecular weight excluding hydrogens is 250 g/mol. The average molecular weight is 275 g/mol. The molecular formula is C16H25N3O. The minimum atomic E-state index is -0.141. The second kappa shape index (κ2) is 6.86. The molecule has 20 heavy (non-hydrogen) atoms. The van der Waals surface area contributed by atoms with Crippen molar-refractivity contribution in [3.05, 3.63) is 35.4 Å². The van der Waals surface area contributed by atoms with E-state index in [4.69, 9.17) is 5.84 Å². The molecule has 1 amide bonds. The minimum absolute atomic E-state index is 0.141. The van der Waals surface area contributed by atoms with Crippen molar-refractivity contribution >= 4 is 5.91 Å². The first-order valence-corrected chi connectivity index (χ1v) is 7.40. The number of carbonyl (C=O) groups excluding carboxylic acids is 1. The van der Waals surface area contributed by atoms with Crippen LogP contribution in [0.3, 0.4) is 0 Å². The molecule has 1 aromatic rings. The van der Waals surface area contributed by atoms with Gasteiger partial charge in [0.25, 0.3) is 0 Å². The molecule has 110 valence electrons. The molecule has 0 radical (unpaired) electrons. The Morgan fingerprint density at radius 2 is 2.05 bits per heavy atom. The normalized spacial score (nSPS) is 23.6. The summed E-state index contributed by atoms with van der Waals surface area (Å²) in [6.45, 7) is 6.68. The first kappa shape index (κ1) is 15.0. The molecule has 3 N–H and O–H groups in total. The number of carbonyl (C=O) groups is 1. The Labute approximate surface area is 121 Å². The number of hydrazine groups is 1. The van der Waals surface area contributed by atoms with Crippen LogP contribution in [0, 0.1) is 5.92 Å². The average Bonchev–Trinajstić information content (AvgIpc) is 2.43. The third-order valence-electron chi connectivity index (χ3n) is 4.28. The van der Waals surface area contributed by atoms with Crippen LogP contribution in [-0.4, -0.2) is 23.4 Å². The molecule has 0 aliphatic carbocycles. The lowest BCUT2D eigenvalue weighted by Crippen LogP contribution is -2.39. The van der Waals surface area contributed by atoms with Gasteiger partial charge in [-0.3, -0.25) is 15.1 Å². The maximum atomic E-state index is 11.5. The van der Waals surface area contributed by atoms with Crippen LogP contribution in [-0.2, 0) is 17.8 Å². The van der Waals surface area contributed by atoms with Crippen LogP contribution in [0.4, 0.5) is 0 Å². The maximum absolute atomic E-state index is 11.5. The van der Waals surface area contributed by atoms with Crippen LogP contribution in [0.25, 0.3) is 0 Å². The molecule has 4 heteroatoms. The predicted molar refractivity (Wildman–Crippen MR) is 80.7 cm³/mol. The number of benzene rings is 1. The molecule has 1 aliphatic heterocycles. The largest absolute Gasteiger partial charge is 0.296 e. The second-order valence-electron chi connectivity index (χ2n) is 5.96. The molecule has 2 unspecified atom stereocenters. The van der Waals surface area contributed by atoms with E-state index >= 15 is 0 Å². The quantitative estimate of drug-likeness (QED) is 0.501. The van der Waals surface area contributed by atoms with Gasteiger partial charge in [0, 0.05) is 12.6 Å². The van der Waals surface area contributed by atoms with Gasteiger partial charge in [-0.2, -0.15) is 0 Å². The molecule has 0 aromatic heterocycles. The SMILES string of the molecule is CC1CCN(Cc2ccccc2CC(=O)NN)C(C)C1. The zero-order valence-electron chi connectivity index (χ0n) is 12.4. The molecule has 0 saturated carbocycles. The lowest BCUT2D eigenvalue weighted by Gasteiger charge is -2.36. The molecule has 0 spiro atoms. The van der Waals surface area contributed by atoms with Crippen LogP contribution < -0.4 is 11.3 Å². The Morgan fingerprint density at radius 3 is 2.70 bits per heavy atom. The molecule has 1 fully saturated rings. The summed E-state index contributed by atoms with van der Waals surface area (Å²) in [5, 5.41) is 0. The third kappa shape index (κ3) is 3.81. The van der Waals surface area contributed by atoms with Crippen molar-refractivity contribution in [3.8, 4) is 0 Å². The Morgan fingerprint density at radius 1 is 1.35 bits per heavy atom. The van der Waals surface area contributed by atoms with Crippen molar-refractivity contribution < 1.29 is 4.79 Å². The third-order valence-corrected chi connectivity index (χ3v) is 4.28. The Bertz CT molecular complexity index is 461. The van der Waals surface area contributed by atoms with E-state index in [9.17, 15) is 4.79 Å². The molecule has 2 rings (SSSR count). The molecule has 1 saturated heterocycles. The van der Waals surface area contributed by atoms with E-state index in [1.54, 1.807) is 0 Å². The number of likely N-dealkylation sites (tertiary alicyclic amines) is 1. The van der Waals surface area contributed by atoms with Crippen LogP contribution in [0.2, 0.25) is 0 Å². The fraction of sp³-hybridized carbons (Fsp3) is 0.562. The lowest BCUT2D eigenvalue weighted by molar-refractivity contribution is -0.120. The van der Waals surface area contributed by atoms with Gasteiger partial charge in [-0.05, 0) is 43.4 Å². The predicted octanol–water partition coefficient (Wildman–Crippen LogP) is 1.84. The highest BCUT2D eigenvalue weighted by molar-refractivity contribution is 5.78. The van der Waals surface area contributed by atoms with Gasteiger partial charge in [0.1, 0.15) is 0 Å². The van der Waals surface area contributed by atoms with Gasteiger partial charge in [-0.1, -0.05) is 31.2 Å². The number of nitrogens with zero attached hydrogens (tertiary/aromatic N) is 1. The van der Waals surface area contributed by atoms with E-state index in [1.807, 2.05) is 18.2 Å².